The van der Waals surface area contributed by atoms with Crippen molar-refractivity contribution >= 4 is 11.8 Å². The highest BCUT2D eigenvalue weighted by Crippen LogP contribution is 2.25. The molecule has 0 spiro atoms. The summed E-state index contributed by atoms with van der Waals surface area (Å²) in [5.74, 6) is 3.04. The van der Waals surface area contributed by atoms with E-state index in [0.717, 1.165) is 55.7 Å². The smallest absolute Gasteiger partial charge is 0.152 e. The number of hydrogen-bond donors (Lipinski definition) is 1. The van der Waals surface area contributed by atoms with Crippen LogP contribution in [0.5, 0.6) is 0 Å². The summed E-state index contributed by atoms with van der Waals surface area (Å²) in [5, 5.41) is 8.36. The van der Waals surface area contributed by atoms with Crippen LogP contribution in [0.25, 0.3) is 5.69 Å². The van der Waals surface area contributed by atoms with Crippen molar-refractivity contribution in [2.75, 3.05) is 31.8 Å². The molecule has 25 heavy (non-hydrogen) atoms. The Kier molecular flexibility index (Phi) is 5.39. The van der Waals surface area contributed by atoms with Crippen molar-refractivity contribution in [1.29, 1.82) is 0 Å². The van der Waals surface area contributed by atoms with Crippen LogP contribution in [0.15, 0.2) is 18.2 Å². The number of nitrogens with zero attached hydrogens (tertiary/aromatic N) is 3. The van der Waals surface area contributed by atoms with E-state index >= 15 is 0 Å². The zero-order valence-corrected chi connectivity index (χ0v) is 15.6. The van der Waals surface area contributed by atoms with E-state index in [1.807, 2.05) is 11.8 Å². The first-order valence-corrected chi connectivity index (χ1v) is 10.6. The Bertz CT molecular complexity index is 724. The van der Waals surface area contributed by atoms with E-state index in [2.05, 4.69) is 34.5 Å². The monoisotopic (exact) mass is 358 g/mol. The fraction of sp³-hybridized carbons (Fsp3) is 0.579. The molecule has 134 valence electrons. The number of benzene rings is 1. The average Bonchev–Trinajstić information content (AvgIpc) is 3.27. The van der Waals surface area contributed by atoms with E-state index in [1.165, 1.54) is 30.4 Å². The molecule has 0 saturated carbocycles. The van der Waals surface area contributed by atoms with Gasteiger partial charge < -0.3 is 10.1 Å². The van der Waals surface area contributed by atoms with Crippen molar-refractivity contribution in [3.05, 3.63) is 41.0 Å². The third kappa shape index (κ3) is 3.91. The topological polar surface area (TPSA) is 52.0 Å². The number of hydrogen-bond acceptors (Lipinski definition) is 5. The standard InChI is InChI=1S/C19H26N4OS/c1-25-10-7-18-21-19(12-16-13-24-9-8-20-16)23(22-18)17-6-5-14-3-2-4-15(14)11-17/h5-6,11,16,20H,2-4,7-10,12-13H2,1H3/t16-/m0/s1. The van der Waals surface area contributed by atoms with E-state index in [9.17, 15) is 0 Å². The Morgan fingerprint density at radius 2 is 2.24 bits per heavy atom. The molecule has 2 aromatic rings. The van der Waals surface area contributed by atoms with Gasteiger partial charge in [0.05, 0.1) is 18.9 Å². The van der Waals surface area contributed by atoms with Crippen LogP contribution in [-0.4, -0.2) is 52.6 Å². The van der Waals surface area contributed by atoms with E-state index in [-0.39, 0.29) is 0 Å². The highest BCUT2D eigenvalue weighted by atomic mass is 32.2. The third-order valence-corrected chi connectivity index (χ3v) is 5.61. The first kappa shape index (κ1) is 17.1. The number of aryl methyl sites for hydroxylation is 3. The summed E-state index contributed by atoms with van der Waals surface area (Å²) in [6.45, 7) is 2.46. The van der Waals surface area contributed by atoms with Crippen molar-refractivity contribution in [2.45, 2.75) is 38.1 Å². The lowest BCUT2D eigenvalue weighted by Crippen LogP contribution is -2.43. The Balaban J connectivity index is 1.62. The maximum atomic E-state index is 5.61. The maximum Gasteiger partial charge on any atom is 0.152 e. The maximum absolute atomic E-state index is 5.61. The molecule has 6 heteroatoms. The van der Waals surface area contributed by atoms with Gasteiger partial charge in [0.1, 0.15) is 5.82 Å². The number of fused-ring (bicyclic) bond motifs is 1. The molecular weight excluding hydrogens is 332 g/mol. The van der Waals surface area contributed by atoms with Gasteiger partial charge in [0.2, 0.25) is 0 Å². The van der Waals surface area contributed by atoms with Gasteiger partial charge in [-0.2, -0.15) is 16.9 Å². The first-order valence-electron chi connectivity index (χ1n) is 9.20. The number of thioether (sulfide) groups is 1. The zero-order chi connectivity index (χ0) is 17.1. The van der Waals surface area contributed by atoms with Gasteiger partial charge in [0.15, 0.2) is 5.82 Å². The number of aromatic nitrogens is 3. The fourth-order valence-electron chi connectivity index (χ4n) is 3.69. The second-order valence-corrected chi connectivity index (χ2v) is 7.82. The second-order valence-electron chi connectivity index (χ2n) is 6.84. The van der Waals surface area contributed by atoms with Gasteiger partial charge in [0, 0.05) is 31.2 Å². The Morgan fingerprint density at radius 3 is 3.08 bits per heavy atom. The van der Waals surface area contributed by atoms with Gasteiger partial charge in [-0.15, -0.1) is 0 Å². The quantitative estimate of drug-likeness (QED) is 0.858. The van der Waals surface area contributed by atoms with Crippen molar-refractivity contribution < 1.29 is 4.74 Å². The summed E-state index contributed by atoms with van der Waals surface area (Å²) in [5.41, 5.74) is 4.12. The minimum absolute atomic E-state index is 0.319. The van der Waals surface area contributed by atoms with Crippen LogP contribution in [0.1, 0.15) is 29.2 Å². The lowest BCUT2D eigenvalue weighted by atomic mass is 10.1. The lowest BCUT2D eigenvalue weighted by Gasteiger charge is -2.23. The van der Waals surface area contributed by atoms with Crippen LogP contribution < -0.4 is 5.32 Å². The zero-order valence-electron chi connectivity index (χ0n) is 14.8. The summed E-state index contributed by atoms with van der Waals surface area (Å²) in [7, 11) is 0. The summed E-state index contributed by atoms with van der Waals surface area (Å²) in [6.07, 6.45) is 7.56. The van der Waals surface area contributed by atoms with Crippen LogP contribution in [0.3, 0.4) is 0 Å². The van der Waals surface area contributed by atoms with Gasteiger partial charge in [-0.3, -0.25) is 0 Å². The Labute approximate surface area is 153 Å². The summed E-state index contributed by atoms with van der Waals surface area (Å²) < 4.78 is 7.67. The molecule has 5 nitrogen and oxygen atoms in total. The predicted octanol–water partition coefficient (Wildman–Crippen LogP) is 2.19. The number of morpholine rings is 1. The largest absolute Gasteiger partial charge is 0.379 e. The molecule has 1 aliphatic heterocycles. The second kappa shape index (κ2) is 7.89. The van der Waals surface area contributed by atoms with Crippen LogP contribution >= 0.6 is 11.8 Å². The van der Waals surface area contributed by atoms with Gasteiger partial charge in [-0.1, -0.05) is 6.07 Å². The van der Waals surface area contributed by atoms with Crippen LogP contribution in [0.2, 0.25) is 0 Å². The lowest BCUT2D eigenvalue weighted by molar-refractivity contribution is 0.0762. The molecule has 0 unspecified atom stereocenters. The van der Waals surface area contributed by atoms with Crippen LogP contribution in [-0.2, 0) is 30.4 Å². The normalized spacial score (nSPS) is 20.0. The van der Waals surface area contributed by atoms with Crippen molar-refractivity contribution in [2.24, 2.45) is 0 Å². The average molecular weight is 359 g/mol. The molecule has 1 atom stereocenters. The Hall–Kier alpha value is -1.37. The van der Waals surface area contributed by atoms with Crippen LogP contribution in [0.4, 0.5) is 0 Å². The van der Waals surface area contributed by atoms with Gasteiger partial charge in [0.25, 0.3) is 0 Å². The molecule has 1 aromatic carbocycles. The highest BCUT2D eigenvalue weighted by Gasteiger charge is 2.20. The summed E-state index contributed by atoms with van der Waals surface area (Å²) >= 11 is 1.84. The van der Waals surface area contributed by atoms with E-state index in [1.54, 1.807) is 0 Å². The minimum atomic E-state index is 0.319. The molecule has 1 N–H and O–H groups in total. The van der Waals surface area contributed by atoms with Gasteiger partial charge >= 0.3 is 0 Å². The SMILES string of the molecule is CSCCc1nc(C[C@H]2COCCN2)n(-c2ccc3c(c2)CCC3)n1. The number of ether oxygens (including phenoxy) is 1. The summed E-state index contributed by atoms with van der Waals surface area (Å²) in [6, 6.07) is 7.10. The summed E-state index contributed by atoms with van der Waals surface area (Å²) in [4.78, 5) is 4.85. The number of rotatable bonds is 6. The molecule has 0 radical (unpaired) electrons. The molecule has 1 aromatic heterocycles. The van der Waals surface area contributed by atoms with Gasteiger partial charge in [-0.05, 0) is 48.8 Å². The molecule has 1 fully saturated rings. The van der Waals surface area contributed by atoms with E-state index in [4.69, 9.17) is 14.8 Å². The number of nitrogens with one attached hydrogen (secondary N) is 1. The molecular formula is C19H26N4OS. The first-order chi connectivity index (χ1) is 12.3. The molecule has 0 amide bonds. The van der Waals surface area contributed by atoms with Crippen LogP contribution in [0, 0.1) is 0 Å². The molecule has 1 aliphatic carbocycles. The van der Waals surface area contributed by atoms with E-state index < -0.39 is 0 Å². The minimum Gasteiger partial charge on any atom is -0.379 e. The van der Waals surface area contributed by atoms with Crippen molar-refractivity contribution in [3.63, 3.8) is 0 Å². The molecule has 1 saturated heterocycles. The molecule has 2 heterocycles. The molecule has 2 aliphatic rings. The van der Waals surface area contributed by atoms with E-state index in [0.29, 0.717) is 6.04 Å². The highest BCUT2D eigenvalue weighted by molar-refractivity contribution is 7.98. The molecule has 4 rings (SSSR count). The van der Waals surface area contributed by atoms with Gasteiger partial charge in [-0.25, -0.2) is 9.67 Å². The van der Waals surface area contributed by atoms with Crippen molar-refractivity contribution in [3.8, 4) is 5.69 Å². The fourth-order valence-corrected chi connectivity index (χ4v) is 4.08. The molecule has 0 bridgehead atoms. The van der Waals surface area contributed by atoms with Crippen molar-refractivity contribution in [1.82, 2.24) is 20.1 Å². The third-order valence-electron chi connectivity index (χ3n) is 5.00. The predicted molar refractivity (Wildman–Crippen MR) is 102 cm³/mol. The Morgan fingerprint density at radius 1 is 1.32 bits per heavy atom.